The van der Waals surface area contributed by atoms with E-state index in [4.69, 9.17) is 9.52 Å². The normalized spacial score (nSPS) is 10.9. The Morgan fingerprint density at radius 1 is 1.50 bits per heavy atom. The van der Waals surface area contributed by atoms with Crippen LogP contribution < -0.4 is 10.7 Å². The second-order valence-electron chi connectivity index (χ2n) is 3.72. The van der Waals surface area contributed by atoms with E-state index in [0.717, 1.165) is 11.2 Å². The van der Waals surface area contributed by atoms with Crippen molar-refractivity contribution in [2.75, 3.05) is 25.1 Å². The van der Waals surface area contributed by atoms with Crippen LogP contribution in [0.5, 0.6) is 0 Å². The summed E-state index contributed by atoms with van der Waals surface area (Å²) in [5.41, 5.74) is 2.28. The van der Waals surface area contributed by atoms with Crippen LogP contribution in [0.4, 0.5) is 5.69 Å². The maximum absolute atomic E-state index is 11.3. The highest BCUT2D eigenvalue weighted by atomic mass is 16.4. The first-order chi connectivity index (χ1) is 7.63. The minimum atomic E-state index is -0.364. The summed E-state index contributed by atoms with van der Waals surface area (Å²) in [6.07, 6.45) is 0. The lowest BCUT2D eigenvalue weighted by Crippen LogP contribution is -2.21. The molecule has 1 heterocycles. The van der Waals surface area contributed by atoms with Gasteiger partial charge in [0.1, 0.15) is 0 Å². The fraction of sp³-hybridized carbons (Fsp3) is 0.364. The predicted molar refractivity (Wildman–Crippen MR) is 61.8 cm³/mol. The maximum atomic E-state index is 11.3. The Morgan fingerprint density at radius 3 is 2.94 bits per heavy atom. The number of anilines is 1. The summed E-state index contributed by atoms with van der Waals surface area (Å²) in [5.74, 6) is -0.364. The van der Waals surface area contributed by atoms with Gasteiger partial charge in [-0.25, -0.2) is 4.79 Å². The second-order valence-corrected chi connectivity index (χ2v) is 3.72. The minimum absolute atomic E-state index is 0.0961. The van der Waals surface area contributed by atoms with Crippen LogP contribution in [0.2, 0.25) is 0 Å². The molecular weight excluding hydrogens is 208 g/mol. The molecule has 0 fully saturated rings. The number of fused-ring (bicyclic) bond motifs is 1. The molecule has 0 saturated heterocycles. The van der Waals surface area contributed by atoms with Crippen LogP contribution in [-0.4, -0.2) is 29.9 Å². The zero-order valence-corrected chi connectivity index (χ0v) is 9.30. The second kappa shape index (κ2) is 4.02. The summed E-state index contributed by atoms with van der Waals surface area (Å²) in [4.78, 5) is 13.2. The van der Waals surface area contributed by atoms with Gasteiger partial charge in [-0.15, -0.1) is 0 Å². The van der Waals surface area contributed by atoms with Gasteiger partial charge in [0.2, 0.25) is 0 Å². The SMILES string of the molecule is CN(CCO)c1ccc2oc(=O)n(C)c2c1. The fourth-order valence-electron chi connectivity index (χ4n) is 1.63. The van der Waals surface area contributed by atoms with Crippen LogP contribution in [-0.2, 0) is 7.05 Å². The van der Waals surface area contributed by atoms with Gasteiger partial charge in [-0.05, 0) is 18.2 Å². The van der Waals surface area contributed by atoms with E-state index in [1.807, 2.05) is 24.1 Å². The van der Waals surface area contributed by atoms with Crippen molar-refractivity contribution in [1.29, 1.82) is 0 Å². The Labute approximate surface area is 92.5 Å². The summed E-state index contributed by atoms with van der Waals surface area (Å²) in [5, 5.41) is 8.85. The van der Waals surface area contributed by atoms with Crippen LogP contribution in [0.15, 0.2) is 27.4 Å². The van der Waals surface area contributed by atoms with Gasteiger partial charge in [-0.3, -0.25) is 4.57 Å². The Hall–Kier alpha value is -1.75. The van der Waals surface area contributed by atoms with Crippen LogP contribution in [0.25, 0.3) is 11.1 Å². The lowest BCUT2D eigenvalue weighted by atomic mass is 10.2. The number of oxazole rings is 1. The van der Waals surface area contributed by atoms with Crippen molar-refractivity contribution in [2.24, 2.45) is 7.05 Å². The highest BCUT2D eigenvalue weighted by Gasteiger charge is 2.08. The first-order valence-corrected chi connectivity index (χ1v) is 5.05. The van der Waals surface area contributed by atoms with Gasteiger partial charge in [0, 0.05) is 26.3 Å². The first kappa shape index (κ1) is 10.8. The number of aliphatic hydroxyl groups is 1. The van der Waals surface area contributed by atoms with Gasteiger partial charge >= 0.3 is 5.76 Å². The van der Waals surface area contributed by atoms with E-state index >= 15 is 0 Å². The molecule has 0 aliphatic rings. The summed E-state index contributed by atoms with van der Waals surface area (Å²) in [6.45, 7) is 0.649. The molecule has 1 aromatic carbocycles. The molecule has 0 atom stereocenters. The molecule has 0 bridgehead atoms. The van der Waals surface area contributed by atoms with Crippen molar-refractivity contribution in [3.8, 4) is 0 Å². The molecule has 0 amide bonds. The third-order valence-electron chi connectivity index (χ3n) is 2.65. The van der Waals surface area contributed by atoms with Crippen LogP contribution in [0, 0.1) is 0 Å². The number of benzene rings is 1. The molecule has 0 unspecified atom stereocenters. The van der Waals surface area contributed by atoms with Gasteiger partial charge in [0.25, 0.3) is 0 Å². The van der Waals surface area contributed by atoms with Crippen molar-refractivity contribution < 1.29 is 9.52 Å². The number of aromatic nitrogens is 1. The molecule has 1 N–H and O–H groups in total. The summed E-state index contributed by atoms with van der Waals surface area (Å²) < 4.78 is 6.50. The van der Waals surface area contributed by atoms with Gasteiger partial charge < -0.3 is 14.4 Å². The molecule has 0 aliphatic heterocycles. The standard InChI is InChI=1S/C11H14N2O3/c1-12(5-6-14)8-3-4-10-9(7-8)13(2)11(15)16-10/h3-4,7,14H,5-6H2,1-2H3. The van der Waals surface area contributed by atoms with E-state index < -0.39 is 0 Å². The van der Waals surface area contributed by atoms with E-state index in [0.29, 0.717) is 12.1 Å². The number of hydrogen-bond acceptors (Lipinski definition) is 4. The Kier molecular flexibility index (Phi) is 2.70. The van der Waals surface area contributed by atoms with E-state index in [2.05, 4.69) is 0 Å². The van der Waals surface area contributed by atoms with Crippen molar-refractivity contribution >= 4 is 16.8 Å². The van der Waals surface area contributed by atoms with Crippen LogP contribution >= 0.6 is 0 Å². The molecule has 5 heteroatoms. The number of rotatable bonds is 3. The summed E-state index contributed by atoms with van der Waals surface area (Å²) >= 11 is 0. The molecule has 0 saturated carbocycles. The molecule has 2 aromatic rings. The average molecular weight is 222 g/mol. The Balaban J connectivity index is 2.50. The van der Waals surface area contributed by atoms with Crippen LogP contribution in [0.1, 0.15) is 0 Å². The number of aliphatic hydroxyl groups excluding tert-OH is 1. The minimum Gasteiger partial charge on any atom is -0.408 e. The summed E-state index contributed by atoms with van der Waals surface area (Å²) in [6, 6.07) is 5.50. The largest absolute Gasteiger partial charge is 0.419 e. The quantitative estimate of drug-likeness (QED) is 0.824. The lowest BCUT2D eigenvalue weighted by Gasteiger charge is -2.17. The Bertz CT molecular complexity index is 556. The molecule has 0 aliphatic carbocycles. The molecule has 2 rings (SSSR count). The molecule has 5 nitrogen and oxygen atoms in total. The first-order valence-electron chi connectivity index (χ1n) is 5.05. The van der Waals surface area contributed by atoms with E-state index in [1.54, 1.807) is 13.1 Å². The highest BCUT2D eigenvalue weighted by molar-refractivity contribution is 5.77. The van der Waals surface area contributed by atoms with E-state index in [1.165, 1.54) is 4.57 Å². The van der Waals surface area contributed by atoms with E-state index in [-0.39, 0.29) is 12.4 Å². The van der Waals surface area contributed by atoms with Gasteiger partial charge in [-0.1, -0.05) is 0 Å². The third kappa shape index (κ3) is 1.69. The van der Waals surface area contributed by atoms with Crippen molar-refractivity contribution in [2.45, 2.75) is 0 Å². The van der Waals surface area contributed by atoms with Gasteiger partial charge in [-0.2, -0.15) is 0 Å². The monoisotopic (exact) mass is 222 g/mol. The molecule has 16 heavy (non-hydrogen) atoms. The highest BCUT2D eigenvalue weighted by Crippen LogP contribution is 2.20. The molecule has 0 radical (unpaired) electrons. The number of likely N-dealkylation sites (N-methyl/N-ethyl adjacent to an activating group) is 1. The molecular formula is C11H14N2O3. The number of nitrogens with zero attached hydrogens (tertiary/aromatic N) is 2. The van der Waals surface area contributed by atoms with Crippen molar-refractivity contribution in [3.63, 3.8) is 0 Å². The molecule has 86 valence electrons. The fourth-order valence-corrected chi connectivity index (χ4v) is 1.63. The topological polar surface area (TPSA) is 58.6 Å². The van der Waals surface area contributed by atoms with Crippen molar-refractivity contribution in [1.82, 2.24) is 4.57 Å². The summed E-state index contributed by atoms with van der Waals surface area (Å²) in [7, 11) is 3.56. The van der Waals surface area contributed by atoms with E-state index in [9.17, 15) is 4.79 Å². The maximum Gasteiger partial charge on any atom is 0.419 e. The average Bonchev–Trinajstić information content (AvgIpc) is 2.55. The van der Waals surface area contributed by atoms with Gasteiger partial charge in [0.15, 0.2) is 5.58 Å². The van der Waals surface area contributed by atoms with Crippen LogP contribution in [0.3, 0.4) is 0 Å². The van der Waals surface area contributed by atoms with Crippen molar-refractivity contribution in [3.05, 3.63) is 28.7 Å². The zero-order chi connectivity index (χ0) is 11.7. The van der Waals surface area contributed by atoms with Gasteiger partial charge in [0.05, 0.1) is 12.1 Å². The number of aryl methyl sites for hydroxylation is 1. The smallest absolute Gasteiger partial charge is 0.408 e. The zero-order valence-electron chi connectivity index (χ0n) is 9.30. The predicted octanol–water partition coefficient (Wildman–Crippen LogP) is 0.560. The third-order valence-corrected chi connectivity index (χ3v) is 2.65. The number of hydrogen-bond donors (Lipinski definition) is 1. The molecule has 1 aromatic heterocycles. The Morgan fingerprint density at radius 2 is 2.25 bits per heavy atom. The lowest BCUT2D eigenvalue weighted by molar-refractivity contribution is 0.304. The molecule has 0 spiro atoms.